The van der Waals surface area contributed by atoms with Gasteiger partial charge in [0.2, 0.25) is 0 Å². The molecule has 2 atom stereocenters. The van der Waals surface area contributed by atoms with Crippen molar-refractivity contribution in [3.63, 3.8) is 0 Å². The second kappa shape index (κ2) is 6.73. The van der Waals surface area contributed by atoms with Crippen LogP contribution in [0.4, 0.5) is 0 Å². The van der Waals surface area contributed by atoms with Gasteiger partial charge in [0.25, 0.3) is 0 Å². The minimum absolute atomic E-state index is 0.439. The number of benzene rings is 1. The normalized spacial score (nSPS) is 21.4. The van der Waals surface area contributed by atoms with Gasteiger partial charge < -0.3 is 5.32 Å². The lowest BCUT2D eigenvalue weighted by atomic mass is 9.96. The molecule has 1 heterocycles. The van der Waals surface area contributed by atoms with Crippen LogP contribution in [0.1, 0.15) is 55.0 Å². The molecule has 1 saturated heterocycles. The van der Waals surface area contributed by atoms with Gasteiger partial charge in [-0.3, -0.25) is 4.90 Å². The molecule has 112 valence electrons. The molecule has 0 aliphatic carbocycles. The summed E-state index contributed by atoms with van der Waals surface area (Å²) in [7, 11) is 0. The summed E-state index contributed by atoms with van der Waals surface area (Å²) in [6.07, 6.45) is 2.71. The Morgan fingerprint density at radius 2 is 1.90 bits per heavy atom. The summed E-state index contributed by atoms with van der Waals surface area (Å²) < 4.78 is 0. The number of hydrogen-bond donors (Lipinski definition) is 1. The summed E-state index contributed by atoms with van der Waals surface area (Å²) >= 11 is 0. The van der Waals surface area contributed by atoms with Gasteiger partial charge in [-0.15, -0.1) is 0 Å². The summed E-state index contributed by atoms with van der Waals surface area (Å²) in [5.41, 5.74) is 5.66. The maximum atomic E-state index is 3.75. The quantitative estimate of drug-likeness (QED) is 0.880. The van der Waals surface area contributed by atoms with Gasteiger partial charge in [-0.25, -0.2) is 0 Å². The molecule has 0 saturated carbocycles. The van der Waals surface area contributed by atoms with Crippen LogP contribution >= 0.6 is 0 Å². The zero-order chi connectivity index (χ0) is 14.7. The molecule has 0 aromatic heterocycles. The minimum Gasteiger partial charge on any atom is -0.309 e. The Hall–Kier alpha value is -0.860. The maximum absolute atomic E-state index is 3.75. The number of nitrogens with one attached hydrogen (secondary N) is 1. The molecule has 2 nitrogen and oxygen atoms in total. The fourth-order valence-electron chi connectivity index (χ4n) is 3.41. The molecule has 0 amide bonds. The van der Waals surface area contributed by atoms with Crippen molar-refractivity contribution >= 4 is 0 Å². The van der Waals surface area contributed by atoms with E-state index in [0.29, 0.717) is 6.04 Å². The van der Waals surface area contributed by atoms with Gasteiger partial charge in [0.15, 0.2) is 0 Å². The van der Waals surface area contributed by atoms with Gasteiger partial charge in [0.05, 0.1) is 0 Å². The van der Waals surface area contributed by atoms with E-state index in [1.807, 2.05) is 0 Å². The van der Waals surface area contributed by atoms with Crippen LogP contribution in [0.3, 0.4) is 0 Å². The number of nitrogens with zero attached hydrogens (tertiary/aromatic N) is 1. The van der Waals surface area contributed by atoms with Crippen molar-refractivity contribution in [3.8, 4) is 0 Å². The summed E-state index contributed by atoms with van der Waals surface area (Å²) in [5, 5.41) is 3.75. The first kappa shape index (κ1) is 15.5. The van der Waals surface area contributed by atoms with Crippen molar-refractivity contribution in [2.24, 2.45) is 0 Å². The van der Waals surface area contributed by atoms with Crippen LogP contribution in [0.2, 0.25) is 0 Å². The molecule has 1 aliphatic rings. The van der Waals surface area contributed by atoms with Crippen molar-refractivity contribution in [1.29, 1.82) is 0 Å². The van der Waals surface area contributed by atoms with E-state index in [2.05, 4.69) is 57.0 Å². The van der Waals surface area contributed by atoms with Crippen LogP contribution in [0.15, 0.2) is 12.1 Å². The molecule has 0 spiro atoms. The van der Waals surface area contributed by atoms with Gasteiger partial charge in [-0.05, 0) is 75.9 Å². The lowest BCUT2D eigenvalue weighted by Crippen LogP contribution is -2.38. The molecule has 1 fully saturated rings. The lowest BCUT2D eigenvalue weighted by Gasteiger charge is -2.26. The molecule has 1 aliphatic heterocycles. The summed E-state index contributed by atoms with van der Waals surface area (Å²) in [6, 6.07) is 5.84. The van der Waals surface area contributed by atoms with Crippen LogP contribution in [-0.2, 0) is 0 Å². The van der Waals surface area contributed by atoms with Gasteiger partial charge in [0, 0.05) is 18.6 Å². The van der Waals surface area contributed by atoms with Gasteiger partial charge in [0.1, 0.15) is 0 Å². The Morgan fingerprint density at radius 3 is 2.60 bits per heavy atom. The molecule has 1 aromatic carbocycles. The number of likely N-dealkylation sites (tertiary alicyclic amines) is 1. The van der Waals surface area contributed by atoms with E-state index < -0.39 is 0 Å². The van der Waals surface area contributed by atoms with E-state index in [1.165, 1.54) is 48.2 Å². The van der Waals surface area contributed by atoms with Gasteiger partial charge in [-0.1, -0.05) is 19.1 Å². The first-order valence-corrected chi connectivity index (χ1v) is 8.08. The Labute approximate surface area is 124 Å². The average Bonchev–Trinajstić information content (AvgIpc) is 2.87. The Morgan fingerprint density at radius 1 is 1.20 bits per heavy atom. The zero-order valence-corrected chi connectivity index (χ0v) is 13.8. The van der Waals surface area contributed by atoms with Crippen molar-refractivity contribution in [1.82, 2.24) is 10.2 Å². The number of hydrogen-bond acceptors (Lipinski definition) is 2. The molecular formula is C18H30N2. The third-order valence-corrected chi connectivity index (χ3v) is 4.91. The molecule has 0 bridgehead atoms. The minimum atomic E-state index is 0.439. The highest BCUT2D eigenvalue weighted by atomic mass is 15.2. The van der Waals surface area contributed by atoms with Crippen LogP contribution in [0.25, 0.3) is 0 Å². The van der Waals surface area contributed by atoms with E-state index in [9.17, 15) is 0 Å². The summed E-state index contributed by atoms with van der Waals surface area (Å²) in [4.78, 5) is 2.60. The zero-order valence-electron chi connectivity index (χ0n) is 13.8. The van der Waals surface area contributed by atoms with E-state index in [-0.39, 0.29) is 0 Å². The van der Waals surface area contributed by atoms with Crippen LogP contribution in [0.5, 0.6) is 0 Å². The predicted molar refractivity (Wildman–Crippen MR) is 87.3 cm³/mol. The Balaban J connectivity index is 1.98. The molecule has 2 heteroatoms. The summed E-state index contributed by atoms with van der Waals surface area (Å²) in [6.45, 7) is 14.8. The molecule has 2 unspecified atom stereocenters. The highest BCUT2D eigenvalue weighted by Gasteiger charge is 2.23. The fourth-order valence-corrected chi connectivity index (χ4v) is 3.41. The Kier molecular flexibility index (Phi) is 5.22. The topological polar surface area (TPSA) is 15.3 Å². The lowest BCUT2D eigenvalue weighted by molar-refractivity contribution is 0.255. The van der Waals surface area contributed by atoms with Crippen LogP contribution < -0.4 is 5.32 Å². The maximum Gasteiger partial charge on any atom is 0.0295 e. The molecule has 1 N–H and O–H groups in total. The third kappa shape index (κ3) is 3.42. The van der Waals surface area contributed by atoms with E-state index in [1.54, 1.807) is 0 Å². The second-order valence-corrected chi connectivity index (χ2v) is 6.35. The standard InChI is InChI=1S/C18H30N2/c1-6-20-9-7-8-17(20)12-19-16(5)18-11-14(3)13(2)10-15(18)4/h10-11,16-17,19H,6-9,12H2,1-5H3. The molecular weight excluding hydrogens is 244 g/mol. The largest absolute Gasteiger partial charge is 0.309 e. The van der Waals surface area contributed by atoms with Gasteiger partial charge in [-0.2, -0.15) is 0 Å². The first-order valence-electron chi connectivity index (χ1n) is 8.08. The van der Waals surface area contributed by atoms with Crippen molar-refractivity contribution < 1.29 is 0 Å². The van der Waals surface area contributed by atoms with E-state index in [0.717, 1.165) is 12.6 Å². The second-order valence-electron chi connectivity index (χ2n) is 6.35. The monoisotopic (exact) mass is 274 g/mol. The van der Waals surface area contributed by atoms with Crippen LogP contribution in [0, 0.1) is 20.8 Å². The van der Waals surface area contributed by atoms with Gasteiger partial charge >= 0.3 is 0 Å². The van der Waals surface area contributed by atoms with Crippen LogP contribution in [-0.4, -0.2) is 30.6 Å². The highest BCUT2D eigenvalue weighted by Crippen LogP contribution is 2.22. The Bertz CT molecular complexity index is 453. The number of likely N-dealkylation sites (N-methyl/N-ethyl adjacent to an activating group) is 1. The highest BCUT2D eigenvalue weighted by molar-refractivity contribution is 5.38. The smallest absolute Gasteiger partial charge is 0.0295 e. The van der Waals surface area contributed by atoms with E-state index in [4.69, 9.17) is 0 Å². The van der Waals surface area contributed by atoms with Crippen molar-refractivity contribution in [3.05, 3.63) is 34.4 Å². The third-order valence-electron chi connectivity index (χ3n) is 4.91. The van der Waals surface area contributed by atoms with Crippen molar-refractivity contribution in [2.45, 2.75) is 59.5 Å². The fraction of sp³-hybridized carbons (Fsp3) is 0.667. The van der Waals surface area contributed by atoms with E-state index >= 15 is 0 Å². The molecule has 2 rings (SSSR count). The average molecular weight is 274 g/mol. The molecule has 20 heavy (non-hydrogen) atoms. The SMILES string of the molecule is CCN1CCCC1CNC(C)c1cc(C)c(C)cc1C. The number of rotatable bonds is 5. The molecule has 0 radical (unpaired) electrons. The first-order chi connectivity index (χ1) is 9.52. The van der Waals surface area contributed by atoms with Crippen molar-refractivity contribution in [2.75, 3.05) is 19.6 Å². The predicted octanol–water partition coefficient (Wildman–Crippen LogP) is 3.75. The summed E-state index contributed by atoms with van der Waals surface area (Å²) in [5.74, 6) is 0. The molecule has 1 aromatic rings. The number of aryl methyl sites for hydroxylation is 3.